The maximum absolute atomic E-state index is 10.5. The van der Waals surface area contributed by atoms with Crippen LogP contribution in [0.5, 0.6) is 0 Å². The normalized spacial score (nSPS) is 18.1. The Bertz CT molecular complexity index is 380. The average molecular weight is 240 g/mol. The summed E-state index contributed by atoms with van der Waals surface area (Å²) in [5, 5.41) is 16.2. The van der Waals surface area contributed by atoms with Crippen molar-refractivity contribution < 1.29 is 4.92 Å². The van der Waals surface area contributed by atoms with Crippen LogP contribution < -0.4 is 5.32 Å². The molecule has 1 fully saturated rings. The van der Waals surface area contributed by atoms with Gasteiger partial charge < -0.3 is 5.32 Å². The molecule has 0 radical (unpaired) electrons. The van der Waals surface area contributed by atoms with Crippen LogP contribution in [0, 0.1) is 10.1 Å². The molecule has 2 rings (SSSR count). The highest BCUT2D eigenvalue weighted by Crippen LogP contribution is 2.35. The van der Waals surface area contributed by atoms with E-state index in [2.05, 4.69) is 12.2 Å². The second-order valence-corrected chi connectivity index (χ2v) is 5.28. The molecule has 1 aliphatic carbocycles. The van der Waals surface area contributed by atoms with Crippen LogP contribution >= 0.6 is 11.3 Å². The Balaban J connectivity index is 1.91. The Morgan fingerprint density at radius 3 is 2.81 bits per heavy atom. The van der Waals surface area contributed by atoms with Crippen LogP contribution in [-0.4, -0.2) is 10.5 Å². The van der Waals surface area contributed by atoms with Crippen molar-refractivity contribution >= 4 is 16.3 Å². The summed E-state index contributed by atoms with van der Waals surface area (Å²) >= 11 is 1.20. The van der Waals surface area contributed by atoms with Gasteiger partial charge in [-0.3, -0.25) is 10.1 Å². The van der Waals surface area contributed by atoms with Gasteiger partial charge in [0, 0.05) is 23.5 Å². The number of hydrogen-bond donors (Lipinski definition) is 1. The highest BCUT2D eigenvalue weighted by atomic mass is 32.1. The molecule has 4 nitrogen and oxygen atoms in total. The molecule has 0 spiro atoms. The molecule has 1 saturated carbocycles. The van der Waals surface area contributed by atoms with E-state index in [1.807, 2.05) is 5.38 Å². The maximum Gasteiger partial charge on any atom is 0.324 e. The van der Waals surface area contributed by atoms with E-state index in [1.165, 1.54) is 30.6 Å². The van der Waals surface area contributed by atoms with Crippen molar-refractivity contribution in [2.75, 3.05) is 0 Å². The molecular weight excluding hydrogens is 224 g/mol. The molecule has 0 aliphatic heterocycles. The zero-order valence-corrected chi connectivity index (χ0v) is 10.2. The van der Waals surface area contributed by atoms with Crippen molar-refractivity contribution in [1.82, 2.24) is 5.32 Å². The van der Waals surface area contributed by atoms with Gasteiger partial charge >= 0.3 is 5.00 Å². The van der Waals surface area contributed by atoms with Gasteiger partial charge in [0.2, 0.25) is 0 Å². The van der Waals surface area contributed by atoms with E-state index in [0.29, 0.717) is 5.54 Å². The molecule has 88 valence electrons. The van der Waals surface area contributed by atoms with Crippen LogP contribution in [0.25, 0.3) is 0 Å². The number of nitrogens with zero attached hydrogens (tertiary/aromatic N) is 1. The Morgan fingerprint density at radius 2 is 2.38 bits per heavy atom. The quantitative estimate of drug-likeness (QED) is 0.635. The summed E-state index contributed by atoms with van der Waals surface area (Å²) in [6.45, 7) is 2.94. The van der Waals surface area contributed by atoms with E-state index in [1.54, 1.807) is 6.07 Å². The third-order valence-electron chi connectivity index (χ3n) is 3.47. The average Bonchev–Trinajstić information content (AvgIpc) is 2.65. The fraction of sp³-hybridized carbons (Fsp3) is 0.636. The van der Waals surface area contributed by atoms with Gasteiger partial charge in [0.25, 0.3) is 0 Å². The number of nitrogens with one attached hydrogen (secondary N) is 1. The highest BCUT2D eigenvalue weighted by Gasteiger charge is 2.34. The summed E-state index contributed by atoms with van der Waals surface area (Å²) in [5.74, 6) is 0. The minimum atomic E-state index is -0.326. The van der Waals surface area contributed by atoms with Gasteiger partial charge in [0.1, 0.15) is 0 Å². The van der Waals surface area contributed by atoms with Crippen LogP contribution in [0.4, 0.5) is 5.00 Å². The van der Waals surface area contributed by atoms with Gasteiger partial charge in [-0.25, -0.2) is 0 Å². The molecule has 1 N–H and O–H groups in total. The van der Waals surface area contributed by atoms with Crippen molar-refractivity contribution in [3.63, 3.8) is 0 Å². The third kappa shape index (κ3) is 2.25. The van der Waals surface area contributed by atoms with Crippen LogP contribution in [0.2, 0.25) is 0 Å². The van der Waals surface area contributed by atoms with Crippen molar-refractivity contribution in [2.45, 2.75) is 44.7 Å². The van der Waals surface area contributed by atoms with E-state index < -0.39 is 0 Å². The molecule has 0 atom stereocenters. The summed E-state index contributed by atoms with van der Waals surface area (Å²) in [5.41, 5.74) is 1.33. The van der Waals surface area contributed by atoms with E-state index in [4.69, 9.17) is 0 Å². The van der Waals surface area contributed by atoms with Crippen molar-refractivity contribution in [3.8, 4) is 0 Å². The second kappa shape index (κ2) is 4.51. The van der Waals surface area contributed by atoms with Gasteiger partial charge in [0.15, 0.2) is 0 Å². The van der Waals surface area contributed by atoms with Crippen LogP contribution in [0.3, 0.4) is 0 Å². The minimum Gasteiger partial charge on any atom is -0.307 e. The first-order valence-corrected chi connectivity index (χ1v) is 6.50. The Labute approximate surface area is 98.8 Å². The molecule has 0 bridgehead atoms. The second-order valence-electron chi connectivity index (χ2n) is 4.39. The zero-order chi connectivity index (χ0) is 11.6. The van der Waals surface area contributed by atoms with Crippen molar-refractivity contribution in [1.29, 1.82) is 0 Å². The summed E-state index contributed by atoms with van der Waals surface area (Å²) < 4.78 is 0. The molecule has 0 unspecified atom stereocenters. The molecule has 0 aromatic carbocycles. The van der Waals surface area contributed by atoms with E-state index in [0.717, 1.165) is 18.5 Å². The predicted molar refractivity (Wildman–Crippen MR) is 64.7 cm³/mol. The fourth-order valence-electron chi connectivity index (χ4n) is 2.10. The van der Waals surface area contributed by atoms with Crippen LogP contribution in [0.1, 0.15) is 38.2 Å². The van der Waals surface area contributed by atoms with Crippen LogP contribution in [0.15, 0.2) is 11.4 Å². The third-order valence-corrected chi connectivity index (χ3v) is 4.40. The zero-order valence-electron chi connectivity index (χ0n) is 9.36. The molecule has 1 aromatic rings. The van der Waals surface area contributed by atoms with Gasteiger partial charge in [0.05, 0.1) is 4.92 Å². The van der Waals surface area contributed by atoms with E-state index in [9.17, 15) is 10.1 Å². The number of nitro groups is 1. The summed E-state index contributed by atoms with van der Waals surface area (Å²) in [6, 6.07) is 1.67. The van der Waals surface area contributed by atoms with Gasteiger partial charge in [-0.1, -0.05) is 18.3 Å². The highest BCUT2D eigenvalue weighted by molar-refractivity contribution is 7.13. The Hall–Kier alpha value is -0.940. The van der Waals surface area contributed by atoms with E-state index in [-0.39, 0.29) is 9.92 Å². The van der Waals surface area contributed by atoms with Gasteiger partial charge in [-0.05, 0) is 31.2 Å². The lowest BCUT2D eigenvalue weighted by molar-refractivity contribution is -0.380. The first-order chi connectivity index (χ1) is 7.65. The molecule has 0 saturated heterocycles. The first kappa shape index (κ1) is 11.5. The summed E-state index contributed by atoms with van der Waals surface area (Å²) in [4.78, 5) is 10.2. The SMILES string of the molecule is CCC1(NCc2csc([N+](=O)[O-])c2)CCC1. The predicted octanol–water partition coefficient (Wildman–Crippen LogP) is 3.08. The lowest BCUT2D eigenvalue weighted by Gasteiger charge is -2.42. The lowest BCUT2D eigenvalue weighted by Crippen LogP contribution is -2.49. The summed E-state index contributed by atoms with van der Waals surface area (Å²) in [7, 11) is 0. The molecule has 1 aliphatic rings. The van der Waals surface area contributed by atoms with Crippen LogP contribution in [-0.2, 0) is 6.54 Å². The maximum atomic E-state index is 10.5. The summed E-state index contributed by atoms with van der Waals surface area (Å²) in [6.07, 6.45) is 4.90. The van der Waals surface area contributed by atoms with Crippen molar-refractivity contribution in [2.24, 2.45) is 0 Å². The largest absolute Gasteiger partial charge is 0.324 e. The molecule has 1 heterocycles. The number of thiophene rings is 1. The number of hydrogen-bond acceptors (Lipinski definition) is 4. The van der Waals surface area contributed by atoms with Gasteiger partial charge in [-0.15, -0.1) is 0 Å². The first-order valence-electron chi connectivity index (χ1n) is 5.62. The standard InChI is InChI=1S/C11H16N2O2S/c1-2-11(4-3-5-11)12-7-9-6-10(13(14)15)16-8-9/h6,8,12H,2-5,7H2,1H3. The van der Waals surface area contributed by atoms with E-state index >= 15 is 0 Å². The molecule has 16 heavy (non-hydrogen) atoms. The minimum absolute atomic E-state index is 0.232. The molecular formula is C11H16N2O2S. The lowest BCUT2D eigenvalue weighted by atomic mass is 9.75. The molecule has 1 aromatic heterocycles. The topological polar surface area (TPSA) is 55.2 Å². The smallest absolute Gasteiger partial charge is 0.307 e. The van der Waals surface area contributed by atoms with Gasteiger partial charge in [-0.2, -0.15) is 0 Å². The van der Waals surface area contributed by atoms with Crippen molar-refractivity contribution in [3.05, 3.63) is 27.1 Å². The molecule has 0 amide bonds. The Kier molecular flexibility index (Phi) is 3.25. The monoisotopic (exact) mass is 240 g/mol. The number of rotatable bonds is 5. The molecule has 5 heteroatoms. The Morgan fingerprint density at radius 1 is 1.62 bits per heavy atom. The fourth-order valence-corrected chi connectivity index (χ4v) is 2.83.